The van der Waals surface area contributed by atoms with Gasteiger partial charge in [-0.05, 0) is 18.2 Å². The van der Waals surface area contributed by atoms with Gasteiger partial charge in [0.15, 0.2) is 6.29 Å². The van der Waals surface area contributed by atoms with E-state index in [0.717, 1.165) is 0 Å². The summed E-state index contributed by atoms with van der Waals surface area (Å²) in [6.07, 6.45) is 3.74. The molecule has 0 aliphatic rings. The van der Waals surface area contributed by atoms with Crippen LogP contribution in [-0.2, 0) is 0 Å². The average Bonchev–Trinajstić information content (AvgIpc) is 2.78. The Bertz CT molecular complexity index is 530. The number of nitrogens with zero attached hydrogens (tertiary/aromatic N) is 3. The van der Waals surface area contributed by atoms with Crippen LogP contribution in [0.3, 0.4) is 0 Å². The number of pyridine rings is 1. The molecular weight excluding hydrogens is 208 g/mol. The monoisotopic (exact) mass is 216 g/mol. The van der Waals surface area contributed by atoms with Gasteiger partial charge in [-0.25, -0.2) is 4.68 Å². The number of rotatable bonds is 3. The number of carbonyl (C=O) groups is 2. The van der Waals surface area contributed by atoms with E-state index in [1.165, 1.54) is 16.9 Å². The topological polar surface area (TPSA) is 90.9 Å². The van der Waals surface area contributed by atoms with Crippen LogP contribution in [0, 0.1) is 0 Å². The van der Waals surface area contributed by atoms with E-state index in [-0.39, 0.29) is 5.69 Å². The van der Waals surface area contributed by atoms with Crippen LogP contribution in [0.4, 0.5) is 0 Å². The van der Waals surface area contributed by atoms with Crippen molar-refractivity contribution in [2.24, 2.45) is 5.73 Å². The molecule has 0 saturated heterocycles. The highest BCUT2D eigenvalue weighted by Crippen LogP contribution is 2.06. The van der Waals surface area contributed by atoms with Crippen molar-refractivity contribution in [1.82, 2.24) is 14.8 Å². The van der Waals surface area contributed by atoms with E-state index < -0.39 is 5.91 Å². The Morgan fingerprint density at radius 2 is 2.19 bits per heavy atom. The summed E-state index contributed by atoms with van der Waals surface area (Å²) in [5.74, 6) is -0.587. The number of hydrogen-bond donors (Lipinski definition) is 1. The molecule has 0 unspecified atom stereocenters. The third-order valence-corrected chi connectivity index (χ3v) is 2.00. The van der Waals surface area contributed by atoms with Gasteiger partial charge in [-0.3, -0.25) is 14.6 Å². The first-order chi connectivity index (χ1) is 7.70. The second-order valence-corrected chi connectivity index (χ2v) is 3.07. The van der Waals surface area contributed by atoms with Gasteiger partial charge in [0, 0.05) is 6.20 Å². The summed E-state index contributed by atoms with van der Waals surface area (Å²) < 4.78 is 1.46. The molecule has 2 aromatic heterocycles. The third-order valence-electron chi connectivity index (χ3n) is 2.00. The molecule has 0 aliphatic carbocycles. The van der Waals surface area contributed by atoms with Crippen LogP contribution >= 0.6 is 0 Å². The molecule has 0 saturated carbocycles. The van der Waals surface area contributed by atoms with Crippen LogP contribution in [0.25, 0.3) is 5.69 Å². The Kier molecular flexibility index (Phi) is 2.47. The molecule has 6 heteroatoms. The number of amides is 1. The molecule has 2 rings (SSSR count). The van der Waals surface area contributed by atoms with Crippen molar-refractivity contribution in [3.63, 3.8) is 0 Å². The molecule has 0 aromatic carbocycles. The number of carbonyl (C=O) groups excluding carboxylic acids is 2. The van der Waals surface area contributed by atoms with E-state index in [2.05, 4.69) is 10.1 Å². The number of hydrogen-bond acceptors (Lipinski definition) is 4. The van der Waals surface area contributed by atoms with Gasteiger partial charge in [-0.1, -0.05) is 0 Å². The van der Waals surface area contributed by atoms with Crippen LogP contribution in [-0.4, -0.2) is 27.0 Å². The number of aldehydes is 1. The van der Waals surface area contributed by atoms with Crippen LogP contribution in [0.15, 0.2) is 30.6 Å². The zero-order valence-corrected chi connectivity index (χ0v) is 8.20. The van der Waals surface area contributed by atoms with Gasteiger partial charge in [0.25, 0.3) is 5.91 Å². The van der Waals surface area contributed by atoms with Gasteiger partial charge in [0.1, 0.15) is 11.4 Å². The lowest BCUT2D eigenvalue weighted by Crippen LogP contribution is -2.12. The Morgan fingerprint density at radius 3 is 2.69 bits per heavy atom. The Balaban J connectivity index is 2.35. The predicted molar refractivity (Wildman–Crippen MR) is 55.3 cm³/mol. The summed E-state index contributed by atoms with van der Waals surface area (Å²) in [4.78, 5) is 25.1. The van der Waals surface area contributed by atoms with E-state index in [9.17, 15) is 9.59 Å². The molecule has 0 aliphatic heterocycles. The van der Waals surface area contributed by atoms with Gasteiger partial charge >= 0.3 is 0 Å². The molecule has 2 aromatic rings. The fraction of sp³-hybridized carbons (Fsp3) is 0. The maximum atomic E-state index is 10.8. The third kappa shape index (κ3) is 1.81. The molecule has 1 amide bonds. The minimum atomic E-state index is -0.587. The lowest BCUT2D eigenvalue weighted by atomic mass is 10.3. The maximum absolute atomic E-state index is 10.8. The molecular formula is C10H8N4O2. The fourth-order valence-electron chi connectivity index (χ4n) is 1.20. The van der Waals surface area contributed by atoms with Crippen molar-refractivity contribution in [3.8, 4) is 5.69 Å². The van der Waals surface area contributed by atoms with Gasteiger partial charge in [0.2, 0.25) is 0 Å². The first-order valence-electron chi connectivity index (χ1n) is 4.48. The van der Waals surface area contributed by atoms with Gasteiger partial charge in [0.05, 0.1) is 11.9 Å². The molecule has 0 spiro atoms. The molecule has 6 nitrogen and oxygen atoms in total. The van der Waals surface area contributed by atoms with E-state index >= 15 is 0 Å². The van der Waals surface area contributed by atoms with Crippen molar-refractivity contribution >= 4 is 12.2 Å². The summed E-state index contributed by atoms with van der Waals surface area (Å²) in [5.41, 5.74) is 6.24. The van der Waals surface area contributed by atoms with Crippen molar-refractivity contribution in [2.45, 2.75) is 0 Å². The van der Waals surface area contributed by atoms with E-state index in [0.29, 0.717) is 17.7 Å². The second kappa shape index (κ2) is 3.93. The highest BCUT2D eigenvalue weighted by atomic mass is 16.1. The number of aromatic nitrogens is 3. The van der Waals surface area contributed by atoms with Gasteiger partial charge in [-0.2, -0.15) is 5.10 Å². The zero-order valence-electron chi connectivity index (χ0n) is 8.20. The van der Waals surface area contributed by atoms with E-state index in [4.69, 9.17) is 5.73 Å². The minimum Gasteiger partial charge on any atom is -0.364 e. The van der Waals surface area contributed by atoms with Gasteiger partial charge in [-0.15, -0.1) is 0 Å². The molecule has 0 atom stereocenters. The minimum absolute atomic E-state index is 0.180. The maximum Gasteiger partial charge on any atom is 0.269 e. The smallest absolute Gasteiger partial charge is 0.269 e. The number of nitrogens with two attached hydrogens (primary N) is 1. The molecule has 80 valence electrons. The molecule has 0 bridgehead atoms. The zero-order chi connectivity index (χ0) is 11.5. The largest absolute Gasteiger partial charge is 0.364 e. The van der Waals surface area contributed by atoms with Crippen molar-refractivity contribution in [1.29, 1.82) is 0 Å². The van der Waals surface area contributed by atoms with Crippen LogP contribution in [0.1, 0.15) is 21.0 Å². The van der Waals surface area contributed by atoms with Crippen LogP contribution in [0.2, 0.25) is 0 Å². The Labute approximate surface area is 90.7 Å². The standard InChI is InChI=1S/C10H8N4O2/c11-10(16)9-3-4-14(13-9)8-2-1-7(6-15)12-5-8/h1-6H,(H2,11,16). The van der Waals surface area contributed by atoms with Crippen molar-refractivity contribution in [2.75, 3.05) is 0 Å². The first-order valence-corrected chi connectivity index (χ1v) is 4.48. The highest BCUT2D eigenvalue weighted by molar-refractivity contribution is 5.90. The van der Waals surface area contributed by atoms with Crippen LogP contribution < -0.4 is 5.73 Å². The molecule has 0 radical (unpaired) electrons. The number of primary amides is 1. The SMILES string of the molecule is NC(=O)c1ccn(-c2ccc(C=O)nc2)n1. The molecule has 2 N–H and O–H groups in total. The van der Waals surface area contributed by atoms with Gasteiger partial charge < -0.3 is 5.73 Å². The second-order valence-electron chi connectivity index (χ2n) is 3.07. The normalized spacial score (nSPS) is 10.0. The summed E-state index contributed by atoms with van der Waals surface area (Å²) in [7, 11) is 0. The Morgan fingerprint density at radius 1 is 1.38 bits per heavy atom. The lowest BCUT2D eigenvalue weighted by Gasteiger charge is -1.99. The molecule has 2 heterocycles. The Hall–Kier alpha value is -2.50. The van der Waals surface area contributed by atoms with E-state index in [1.807, 2.05) is 0 Å². The first kappa shape index (κ1) is 10.0. The predicted octanol–water partition coefficient (Wildman–Crippen LogP) is 0.179. The summed E-state index contributed by atoms with van der Waals surface area (Å²) in [6, 6.07) is 4.75. The van der Waals surface area contributed by atoms with E-state index in [1.54, 1.807) is 18.3 Å². The van der Waals surface area contributed by atoms with Crippen LogP contribution in [0.5, 0.6) is 0 Å². The summed E-state index contributed by atoms with van der Waals surface area (Å²) >= 11 is 0. The summed E-state index contributed by atoms with van der Waals surface area (Å²) in [5, 5.41) is 3.95. The fourth-order valence-corrected chi connectivity index (χ4v) is 1.20. The lowest BCUT2D eigenvalue weighted by molar-refractivity contribution is 0.0994. The van der Waals surface area contributed by atoms with Crippen molar-refractivity contribution < 1.29 is 9.59 Å². The average molecular weight is 216 g/mol. The quantitative estimate of drug-likeness (QED) is 0.741. The van der Waals surface area contributed by atoms with Crippen molar-refractivity contribution in [3.05, 3.63) is 42.0 Å². The molecule has 16 heavy (non-hydrogen) atoms. The molecule has 0 fully saturated rings. The highest BCUT2D eigenvalue weighted by Gasteiger charge is 2.05. The summed E-state index contributed by atoms with van der Waals surface area (Å²) in [6.45, 7) is 0.